The highest BCUT2D eigenvalue weighted by Crippen LogP contribution is 2.08. The van der Waals surface area contributed by atoms with Gasteiger partial charge < -0.3 is 8.85 Å². The summed E-state index contributed by atoms with van der Waals surface area (Å²) < 4.78 is 10.3. The van der Waals surface area contributed by atoms with Gasteiger partial charge in [-0.15, -0.1) is 0 Å². The maximum absolute atomic E-state index is 10.5. The molecule has 0 N–H and O–H groups in total. The van der Waals surface area contributed by atoms with Crippen LogP contribution in [0.3, 0.4) is 0 Å². The van der Waals surface area contributed by atoms with Crippen molar-refractivity contribution < 1.29 is 13.6 Å². The Morgan fingerprint density at radius 3 is 2.09 bits per heavy atom. The van der Waals surface area contributed by atoms with Crippen LogP contribution < -0.4 is 0 Å². The van der Waals surface area contributed by atoms with Crippen molar-refractivity contribution in [2.45, 2.75) is 39.8 Å². The van der Waals surface area contributed by atoms with Gasteiger partial charge >= 0.3 is 9.28 Å². The van der Waals surface area contributed by atoms with Gasteiger partial charge in [0.2, 0.25) is 0 Å². The van der Waals surface area contributed by atoms with Gasteiger partial charge in [0.05, 0.1) is 5.60 Å². The molecule has 66 valence electrons. The topological polar surface area (TPSA) is 35.5 Å². The van der Waals surface area contributed by atoms with Crippen molar-refractivity contribution >= 4 is 15.3 Å². The van der Waals surface area contributed by atoms with Gasteiger partial charge in [0.25, 0.3) is 5.97 Å². The predicted octanol–water partition coefficient (Wildman–Crippen LogP) is 1.21. The third kappa shape index (κ3) is 7.54. The molecule has 0 aliphatic rings. The molecule has 0 spiro atoms. The summed E-state index contributed by atoms with van der Waals surface area (Å²) in [6.45, 7) is 9.07. The van der Waals surface area contributed by atoms with Crippen LogP contribution in [-0.2, 0) is 13.6 Å². The summed E-state index contributed by atoms with van der Waals surface area (Å²) in [7, 11) is -1.73. The first-order valence-corrected chi connectivity index (χ1v) is 5.76. The molecule has 1 atom stereocenters. The molecule has 0 aromatic heterocycles. The van der Waals surface area contributed by atoms with Gasteiger partial charge in [0, 0.05) is 6.92 Å². The molecule has 1 unspecified atom stereocenters. The highest BCUT2D eigenvalue weighted by atomic mass is 28.3. The molecule has 0 heterocycles. The summed E-state index contributed by atoms with van der Waals surface area (Å²) >= 11 is 0. The van der Waals surface area contributed by atoms with Crippen molar-refractivity contribution in [3.8, 4) is 0 Å². The summed E-state index contributed by atoms with van der Waals surface area (Å²) in [4.78, 5) is 10.5. The van der Waals surface area contributed by atoms with Crippen molar-refractivity contribution in [2.24, 2.45) is 0 Å². The quantitative estimate of drug-likeness (QED) is 0.593. The van der Waals surface area contributed by atoms with Crippen LogP contribution in [0.2, 0.25) is 6.55 Å². The highest BCUT2D eigenvalue weighted by Gasteiger charge is 2.18. The first-order chi connectivity index (χ1) is 4.81. The van der Waals surface area contributed by atoms with Crippen LogP contribution in [0.1, 0.15) is 27.7 Å². The molecule has 0 fully saturated rings. The number of hydrogen-bond donors (Lipinski definition) is 0. The first kappa shape index (κ1) is 10.6. The molecule has 0 radical (unpaired) electrons. The van der Waals surface area contributed by atoms with Crippen LogP contribution in [0.4, 0.5) is 0 Å². The van der Waals surface area contributed by atoms with Crippen LogP contribution in [0.15, 0.2) is 0 Å². The lowest BCUT2D eigenvalue weighted by atomic mass is 10.2. The maximum Gasteiger partial charge on any atom is 0.382 e. The van der Waals surface area contributed by atoms with E-state index in [2.05, 4.69) is 0 Å². The fourth-order valence-corrected chi connectivity index (χ4v) is 2.27. The number of rotatable bonds is 2. The van der Waals surface area contributed by atoms with Crippen molar-refractivity contribution in [3.63, 3.8) is 0 Å². The standard InChI is InChI=1S/C7H16O3Si/c1-6(8)9-11(5)10-7(2,3)4/h11H,1-5H3. The van der Waals surface area contributed by atoms with E-state index in [0.29, 0.717) is 0 Å². The molecular weight excluding hydrogens is 160 g/mol. The number of hydrogen-bond acceptors (Lipinski definition) is 3. The molecule has 0 aromatic rings. The third-order valence-electron chi connectivity index (χ3n) is 0.851. The summed E-state index contributed by atoms with van der Waals surface area (Å²) in [6.07, 6.45) is 0. The Morgan fingerprint density at radius 2 is 1.82 bits per heavy atom. The monoisotopic (exact) mass is 176 g/mol. The fraction of sp³-hybridized carbons (Fsp3) is 0.857. The van der Waals surface area contributed by atoms with Crippen LogP contribution >= 0.6 is 0 Å². The molecule has 0 amide bonds. The van der Waals surface area contributed by atoms with Gasteiger partial charge in [-0.25, -0.2) is 0 Å². The lowest BCUT2D eigenvalue weighted by Crippen LogP contribution is -2.31. The first-order valence-electron chi connectivity index (χ1n) is 3.66. The summed E-state index contributed by atoms with van der Waals surface area (Å²) in [6, 6.07) is 0. The van der Waals surface area contributed by atoms with Gasteiger partial charge in [0.1, 0.15) is 0 Å². The van der Waals surface area contributed by atoms with Crippen LogP contribution in [0.25, 0.3) is 0 Å². The Kier molecular flexibility index (Phi) is 3.75. The smallest absolute Gasteiger partial charge is 0.382 e. The SMILES string of the molecule is CC(=O)O[SiH](C)OC(C)(C)C. The number of carbonyl (C=O) groups excluding carboxylic acids is 1. The lowest BCUT2D eigenvalue weighted by molar-refractivity contribution is -0.133. The highest BCUT2D eigenvalue weighted by molar-refractivity contribution is 6.45. The molecule has 0 rings (SSSR count). The Balaban J connectivity index is 3.69. The molecule has 4 heteroatoms. The van der Waals surface area contributed by atoms with E-state index >= 15 is 0 Å². The molecule has 0 aromatic carbocycles. The summed E-state index contributed by atoms with van der Waals surface area (Å²) in [5, 5.41) is 0. The normalized spacial score (nSPS) is 14.3. The Hall–Kier alpha value is -0.353. The van der Waals surface area contributed by atoms with E-state index in [4.69, 9.17) is 8.85 Å². The average molecular weight is 176 g/mol. The van der Waals surface area contributed by atoms with E-state index in [-0.39, 0.29) is 11.6 Å². The Bertz CT molecular complexity index is 139. The summed E-state index contributed by atoms with van der Waals surface area (Å²) in [5.41, 5.74) is -0.207. The molecule has 0 aliphatic heterocycles. The average Bonchev–Trinajstić information content (AvgIpc) is 1.53. The van der Waals surface area contributed by atoms with E-state index in [9.17, 15) is 4.79 Å². The van der Waals surface area contributed by atoms with E-state index in [0.717, 1.165) is 0 Å². The van der Waals surface area contributed by atoms with Gasteiger partial charge in [0.15, 0.2) is 0 Å². The Labute approximate surface area is 69.5 Å². The van der Waals surface area contributed by atoms with Crippen LogP contribution in [0.5, 0.6) is 0 Å². The molecule has 0 saturated heterocycles. The van der Waals surface area contributed by atoms with E-state index in [1.807, 2.05) is 27.3 Å². The third-order valence-corrected chi connectivity index (χ3v) is 2.55. The molecular formula is C7H16O3Si. The fourth-order valence-electron chi connectivity index (χ4n) is 0.756. The molecule has 0 bridgehead atoms. The summed E-state index contributed by atoms with van der Waals surface area (Å²) in [5.74, 6) is -0.256. The largest absolute Gasteiger partial charge is 0.497 e. The van der Waals surface area contributed by atoms with E-state index < -0.39 is 9.28 Å². The molecule has 0 aliphatic carbocycles. The molecule has 3 nitrogen and oxygen atoms in total. The number of carbonyl (C=O) groups is 1. The predicted molar refractivity (Wildman–Crippen MR) is 45.6 cm³/mol. The van der Waals surface area contributed by atoms with E-state index in [1.165, 1.54) is 6.92 Å². The second kappa shape index (κ2) is 3.87. The zero-order valence-electron chi connectivity index (χ0n) is 7.80. The van der Waals surface area contributed by atoms with Gasteiger partial charge in [-0.2, -0.15) is 0 Å². The van der Waals surface area contributed by atoms with Gasteiger partial charge in [-0.1, -0.05) is 0 Å². The molecule has 11 heavy (non-hydrogen) atoms. The van der Waals surface area contributed by atoms with Gasteiger partial charge in [-0.3, -0.25) is 4.79 Å². The zero-order chi connectivity index (χ0) is 9.07. The van der Waals surface area contributed by atoms with Crippen molar-refractivity contribution in [1.82, 2.24) is 0 Å². The minimum Gasteiger partial charge on any atom is -0.497 e. The maximum atomic E-state index is 10.5. The van der Waals surface area contributed by atoms with E-state index in [1.54, 1.807) is 0 Å². The minimum atomic E-state index is -1.73. The van der Waals surface area contributed by atoms with Crippen molar-refractivity contribution in [3.05, 3.63) is 0 Å². The van der Waals surface area contributed by atoms with Gasteiger partial charge in [-0.05, 0) is 27.3 Å². The van der Waals surface area contributed by atoms with Crippen molar-refractivity contribution in [1.29, 1.82) is 0 Å². The Morgan fingerprint density at radius 1 is 1.36 bits per heavy atom. The lowest BCUT2D eigenvalue weighted by Gasteiger charge is -2.23. The zero-order valence-corrected chi connectivity index (χ0v) is 8.96. The molecule has 0 saturated carbocycles. The second-order valence-electron chi connectivity index (χ2n) is 3.41. The minimum absolute atomic E-state index is 0.207. The van der Waals surface area contributed by atoms with Crippen LogP contribution in [-0.4, -0.2) is 20.9 Å². The van der Waals surface area contributed by atoms with Crippen molar-refractivity contribution in [2.75, 3.05) is 0 Å². The van der Waals surface area contributed by atoms with Crippen LogP contribution in [0, 0.1) is 0 Å². The second-order valence-corrected chi connectivity index (χ2v) is 5.01.